The van der Waals surface area contributed by atoms with Crippen LogP contribution in [-0.2, 0) is 6.42 Å². The van der Waals surface area contributed by atoms with E-state index in [4.69, 9.17) is 15.7 Å². The van der Waals surface area contributed by atoms with Gasteiger partial charge in [0.25, 0.3) is 0 Å². The van der Waals surface area contributed by atoms with Gasteiger partial charge in [-0.05, 0) is 30.2 Å². The Hall–Kier alpha value is -2.54. The van der Waals surface area contributed by atoms with Gasteiger partial charge in [0.05, 0.1) is 17.3 Å². The van der Waals surface area contributed by atoms with E-state index in [0.29, 0.717) is 22.9 Å². The third-order valence-corrected chi connectivity index (χ3v) is 2.56. The average Bonchev–Trinajstić information content (AvgIpc) is 2.41. The lowest BCUT2D eigenvalue weighted by molar-refractivity contribution is 0.465. The molecule has 90 valence electrons. The lowest BCUT2D eigenvalue weighted by atomic mass is 10.1. The first-order valence-electron chi connectivity index (χ1n) is 5.65. The van der Waals surface area contributed by atoms with Gasteiger partial charge >= 0.3 is 0 Å². The zero-order valence-corrected chi connectivity index (χ0v) is 10.1. The molecule has 18 heavy (non-hydrogen) atoms. The fourth-order valence-electron chi connectivity index (χ4n) is 1.56. The molecule has 0 unspecified atom stereocenters. The Morgan fingerprint density at radius 2 is 2.17 bits per heavy atom. The van der Waals surface area contributed by atoms with Gasteiger partial charge in [-0.15, -0.1) is 0 Å². The molecule has 2 aromatic rings. The summed E-state index contributed by atoms with van der Waals surface area (Å²) in [5.41, 5.74) is 8.12. The second-order valence-corrected chi connectivity index (χ2v) is 3.82. The average molecular weight is 239 g/mol. The van der Waals surface area contributed by atoms with Crippen molar-refractivity contribution < 1.29 is 4.74 Å². The van der Waals surface area contributed by atoms with Crippen molar-refractivity contribution in [2.24, 2.45) is 0 Å². The normalized spacial score (nSPS) is 9.78. The van der Waals surface area contributed by atoms with Crippen molar-refractivity contribution >= 4 is 5.69 Å². The number of hydrogen-bond acceptors (Lipinski definition) is 4. The summed E-state index contributed by atoms with van der Waals surface area (Å²) in [5.74, 6) is 0.916. The summed E-state index contributed by atoms with van der Waals surface area (Å²) in [6.07, 6.45) is 2.46. The Labute approximate surface area is 106 Å². The van der Waals surface area contributed by atoms with Gasteiger partial charge in [0, 0.05) is 12.3 Å². The van der Waals surface area contributed by atoms with E-state index >= 15 is 0 Å². The number of pyridine rings is 1. The van der Waals surface area contributed by atoms with Crippen LogP contribution < -0.4 is 10.5 Å². The highest BCUT2D eigenvalue weighted by atomic mass is 16.5. The second kappa shape index (κ2) is 5.19. The fourth-order valence-corrected chi connectivity index (χ4v) is 1.56. The Morgan fingerprint density at radius 3 is 2.83 bits per heavy atom. The number of nitrogens with zero attached hydrogens (tertiary/aromatic N) is 2. The monoisotopic (exact) mass is 239 g/mol. The number of benzene rings is 1. The molecule has 1 aromatic carbocycles. The van der Waals surface area contributed by atoms with Crippen LogP contribution in [0.5, 0.6) is 11.6 Å². The summed E-state index contributed by atoms with van der Waals surface area (Å²) in [7, 11) is 0. The predicted molar refractivity (Wildman–Crippen MR) is 69.3 cm³/mol. The molecule has 1 heterocycles. The van der Waals surface area contributed by atoms with Gasteiger partial charge < -0.3 is 10.5 Å². The summed E-state index contributed by atoms with van der Waals surface area (Å²) in [5, 5.41) is 8.79. The molecule has 0 aliphatic carbocycles. The summed E-state index contributed by atoms with van der Waals surface area (Å²) in [4.78, 5) is 4.04. The molecule has 0 aliphatic rings. The fraction of sp³-hybridized carbons (Fsp3) is 0.143. The number of anilines is 1. The molecular formula is C14H13N3O. The molecule has 0 fully saturated rings. The van der Waals surface area contributed by atoms with E-state index in [1.54, 1.807) is 12.1 Å². The maximum Gasteiger partial charge on any atom is 0.220 e. The molecule has 0 bridgehead atoms. The third-order valence-electron chi connectivity index (χ3n) is 2.56. The molecule has 4 nitrogen and oxygen atoms in total. The molecule has 0 saturated carbocycles. The molecule has 0 aliphatic heterocycles. The minimum absolute atomic E-state index is 0.366. The number of rotatable bonds is 3. The van der Waals surface area contributed by atoms with Gasteiger partial charge in [-0.25, -0.2) is 4.98 Å². The van der Waals surface area contributed by atoms with E-state index in [9.17, 15) is 0 Å². The Balaban J connectivity index is 2.26. The smallest absolute Gasteiger partial charge is 0.220 e. The van der Waals surface area contributed by atoms with Gasteiger partial charge in [-0.2, -0.15) is 5.26 Å². The van der Waals surface area contributed by atoms with Crippen molar-refractivity contribution in [2.45, 2.75) is 13.3 Å². The zero-order chi connectivity index (χ0) is 13.0. The number of aromatic nitrogens is 1. The third kappa shape index (κ3) is 2.58. The molecule has 0 amide bonds. The number of nitrogens with two attached hydrogens (primary N) is 1. The van der Waals surface area contributed by atoms with Crippen LogP contribution >= 0.6 is 0 Å². The van der Waals surface area contributed by atoms with E-state index in [1.807, 2.05) is 24.3 Å². The lowest BCUT2D eigenvalue weighted by Gasteiger charge is -2.08. The molecule has 0 atom stereocenters. The molecule has 2 rings (SSSR count). The minimum Gasteiger partial charge on any atom is -0.437 e. The standard InChI is InChI=1S/C14H13N3O/c1-2-10-3-4-13(12(16)7-10)18-14-8-11(9-15)5-6-17-14/h3-8H,2,16H2,1H3. The second-order valence-electron chi connectivity index (χ2n) is 3.82. The number of ether oxygens (including phenoxy) is 1. The Kier molecular flexibility index (Phi) is 3.44. The highest BCUT2D eigenvalue weighted by Gasteiger charge is 2.04. The highest BCUT2D eigenvalue weighted by Crippen LogP contribution is 2.27. The van der Waals surface area contributed by atoms with Crippen molar-refractivity contribution in [1.29, 1.82) is 5.26 Å². The van der Waals surface area contributed by atoms with E-state index in [1.165, 1.54) is 6.20 Å². The number of nitriles is 1. The van der Waals surface area contributed by atoms with Crippen LogP contribution in [0.25, 0.3) is 0 Å². The number of aryl methyl sites for hydroxylation is 1. The lowest BCUT2D eigenvalue weighted by Crippen LogP contribution is -1.95. The first kappa shape index (κ1) is 11.9. The van der Waals surface area contributed by atoms with E-state index in [0.717, 1.165) is 12.0 Å². The van der Waals surface area contributed by atoms with E-state index in [-0.39, 0.29) is 0 Å². The van der Waals surface area contributed by atoms with Crippen molar-refractivity contribution in [3.63, 3.8) is 0 Å². The first-order chi connectivity index (χ1) is 8.72. The maximum atomic E-state index is 8.79. The predicted octanol–water partition coefficient (Wildman–Crippen LogP) is 2.89. The van der Waals surface area contributed by atoms with Crippen LogP contribution in [0.15, 0.2) is 36.5 Å². The minimum atomic E-state index is 0.366. The summed E-state index contributed by atoms with van der Waals surface area (Å²) in [6.45, 7) is 2.06. The van der Waals surface area contributed by atoms with Crippen LogP contribution in [0.3, 0.4) is 0 Å². The topological polar surface area (TPSA) is 71.9 Å². The van der Waals surface area contributed by atoms with Gasteiger partial charge in [0.1, 0.15) is 0 Å². The number of hydrogen-bond donors (Lipinski definition) is 1. The molecule has 1 aromatic heterocycles. The van der Waals surface area contributed by atoms with Gasteiger partial charge in [0.2, 0.25) is 5.88 Å². The van der Waals surface area contributed by atoms with Crippen LogP contribution in [0.4, 0.5) is 5.69 Å². The van der Waals surface area contributed by atoms with Gasteiger partial charge in [-0.3, -0.25) is 0 Å². The molecule has 0 saturated heterocycles. The van der Waals surface area contributed by atoms with Crippen molar-refractivity contribution in [2.75, 3.05) is 5.73 Å². The van der Waals surface area contributed by atoms with Crippen molar-refractivity contribution in [1.82, 2.24) is 4.98 Å². The zero-order valence-electron chi connectivity index (χ0n) is 10.1. The van der Waals surface area contributed by atoms with Crippen molar-refractivity contribution in [3.05, 3.63) is 47.7 Å². The Morgan fingerprint density at radius 1 is 1.33 bits per heavy atom. The quantitative estimate of drug-likeness (QED) is 0.836. The largest absolute Gasteiger partial charge is 0.437 e. The maximum absolute atomic E-state index is 8.79. The summed E-state index contributed by atoms with van der Waals surface area (Å²) < 4.78 is 5.56. The van der Waals surface area contributed by atoms with Crippen LogP contribution in [0.1, 0.15) is 18.1 Å². The first-order valence-corrected chi connectivity index (χ1v) is 5.65. The van der Waals surface area contributed by atoms with Crippen molar-refractivity contribution in [3.8, 4) is 17.7 Å². The summed E-state index contributed by atoms with van der Waals surface area (Å²) >= 11 is 0. The van der Waals surface area contributed by atoms with Gasteiger partial charge in [-0.1, -0.05) is 13.0 Å². The van der Waals surface area contributed by atoms with Crippen LogP contribution in [0.2, 0.25) is 0 Å². The highest BCUT2D eigenvalue weighted by molar-refractivity contribution is 5.55. The SMILES string of the molecule is CCc1ccc(Oc2cc(C#N)ccn2)c(N)c1. The molecule has 4 heteroatoms. The number of nitrogen functional groups attached to an aromatic ring is 1. The Bertz CT molecular complexity index is 602. The molecule has 2 N–H and O–H groups in total. The van der Waals surface area contributed by atoms with E-state index in [2.05, 4.69) is 11.9 Å². The van der Waals surface area contributed by atoms with Crippen LogP contribution in [-0.4, -0.2) is 4.98 Å². The van der Waals surface area contributed by atoms with Gasteiger partial charge in [0.15, 0.2) is 5.75 Å². The molecule has 0 spiro atoms. The summed E-state index contributed by atoms with van der Waals surface area (Å²) in [6, 6.07) is 10.9. The van der Waals surface area contributed by atoms with E-state index < -0.39 is 0 Å². The molecule has 0 radical (unpaired) electrons. The van der Waals surface area contributed by atoms with Crippen LogP contribution in [0, 0.1) is 11.3 Å². The molecular weight excluding hydrogens is 226 g/mol.